The summed E-state index contributed by atoms with van der Waals surface area (Å²) < 4.78 is 35.1. The Bertz CT molecular complexity index is 1180. The van der Waals surface area contributed by atoms with Gasteiger partial charge in [-0.25, -0.2) is 12.4 Å². The molecule has 1 saturated carbocycles. The summed E-state index contributed by atoms with van der Waals surface area (Å²) >= 11 is 0. The van der Waals surface area contributed by atoms with Gasteiger partial charge in [0.05, 0.1) is 16.5 Å². The molecule has 7 heteroatoms. The Morgan fingerprint density at radius 3 is 2.38 bits per heavy atom. The Kier molecular flexibility index (Phi) is 5.97. The van der Waals surface area contributed by atoms with E-state index in [0.29, 0.717) is 17.0 Å². The van der Waals surface area contributed by atoms with Gasteiger partial charge in [-0.2, -0.15) is 0 Å². The van der Waals surface area contributed by atoms with Crippen LogP contribution in [0.3, 0.4) is 0 Å². The van der Waals surface area contributed by atoms with E-state index in [9.17, 15) is 8.42 Å². The third-order valence-corrected chi connectivity index (χ3v) is 8.45. The SMILES string of the molecule is CN1CCN(Cc2cc3cc(OC4CCCC4)ccc3n2S(=O)(=O)c2ccccc2)CC1. The number of hydrogen-bond acceptors (Lipinski definition) is 5. The molecule has 3 aromatic rings. The predicted molar refractivity (Wildman–Crippen MR) is 127 cm³/mol. The highest BCUT2D eigenvalue weighted by atomic mass is 32.2. The summed E-state index contributed by atoms with van der Waals surface area (Å²) in [7, 11) is -1.59. The lowest BCUT2D eigenvalue weighted by atomic mass is 10.2. The van der Waals surface area contributed by atoms with E-state index in [1.807, 2.05) is 30.3 Å². The van der Waals surface area contributed by atoms with Crippen LogP contribution < -0.4 is 4.74 Å². The number of benzene rings is 2. The molecule has 0 amide bonds. The van der Waals surface area contributed by atoms with Crippen molar-refractivity contribution >= 4 is 20.9 Å². The Hall–Kier alpha value is -2.35. The van der Waals surface area contributed by atoms with Gasteiger partial charge < -0.3 is 9.64 Å². The Labute approximate surface area is 190 Å². The molecule has 1 saturated heterocycles. The smallest absolute Gasteiger partial charge is 0.268 e. The highest BCUT2D eigenvalue weighted by Gasteiger charge is 2.25. The quantitative estimate of drug-likeness (QED) is 0.566. The van der Waals surface area contributed by atoms with E-state index >= 15 is 0 Å². The topological polar surface area (TPSA) is 54.8 Å². The zero-order valence-electron chi connectivity index (χ0n) is 18.6. The molecule has 32 heavy (non-hydrogen) atoms. The van der Waals surface area contributed by atoms with Crippen molar-refractivity contribution in [2.45, 2.75) is 43.2 Å². The number of piperazine rings is 1. The molecule has 1 aliphatic carbocycles. The molecule has 6 nitrogen and oxygen atoms in total. The molecule has 0 bridgehead atoms. The summed E-state index contributed by atoms with van der Waals surface area (Å²) in [5, 5.41) is 0.907. The van der Waals surface area contributed by atoms with Crippen molar-refractivity contribution in [3.8, 4) is 5.75 Å². The largest absolute Gasteiger partial charge is 0.490 e. The van der Waals surface area contributed by atoms with E-state index in [-0.39, 0.29) is 6.10 Å². The normalized spacial score (nSPS) is 19.0. The highest BCUT2D eigenvalue weighted by molar-refractivity contribution is 7.90. The second kappa shape index (κ2) is 8.89. The number of fused-ring (bicyclic) bond motifs is 1. The fraction of sp³-hybridized carbons (Fsp3) is 0.440. The first kappa shape index (κ1) is 21.5. The molecule has 2 aromatic carbocycles. The second-order valence-electron chi connectivity index (χ2n) is 9.04. The maximum Gasteiger partial charge on any atom is 0.268 e. The van der Waals surface area contributed by atoms with Gasteiger partial charge in [-0.3, -0.25) is 4.90 Å². The zero-order valence-corrected chi connectivity index (χ0v) is 19.4. The molecule has 0 spiro atoms. The molecular weight excluding hydrogens is 422 g/mol. The number of rotatable bonds is 6. The Balaban J connectivity index is 1.55. The Morgan fingerprint density at radius 1 is 0.938 bits per heavy atom. The van der Waals surface area contributed by atoms with E-state index in [0.717, 1.165) is 55.9 Å². The van der Waals surface area contributed by atoms with Gasteiger partial charge in [-0.05, 0) is 69.1 Å². The monoisotopic (exact) mass is 453 g/mol. The summed E-state index contributed by atoms with van der Waals surface area (Å²) in [6.45, 7) is 4.45. The predicted octanol–water partition coefficient (Wildman–Crippen LogP) is 3.95. The van der Waals surface area contributed by atoms with Crippen LogP contribution in [-0.4, -0.2) is 61.5 Å². The zero-order chi connectivity index (χ0) is 22.1. The van der Waals surface area contributed by atoms with Gasteiger partial charge >= 0.3 is 0 Å². The van der Waals surface area contributed by atoms with E-state index in [2.05, 4.69) is 16.8 Å². The lowest BCUT2D eigenvalue weighted by molar-refractivity contribution is 0.147. The third kappa shape index (κ3) is 4.29. The van der Waals surface area contributed by atoms with Gasteiger partial charge in [0.25, 0.3) is 10.0 Å². The summed E-state index contributed by atoms with van der Waals surface area (Å²) in [6.07, 6.45) is 4.89. The maximum absolute atomic E-state index is 13.7. The van der Waals surface area contributed by atoms with Crippen LogP contribution in [-0.2, 0) is 16.6 Å². The fourth-order valence-electron chi connectivity index (χ4n) is 4.82. The molecule has 1 aliphatic heterocycles. The first-order valence-electron chi connectivity index (χ1n) is 11.5. The summed E-state index contributed by atoms with van der Waals surface area (Å²) in [6, 6.07) is 16.5. The van der Waals surface area contributed by atoms with Crippen molar-refractivity contribution < 1.29 is 13.2 Å². The lowest BCUT2D eigenvalue weighted by Crippen LogP contribution is -2.44. The van der Waals surface area contributed by atoms with Crippen molar-refractivity contribution in [2.75, 3.05) is 33.2 Å². The van der Waals surface area contributed by atoms with Crippen LogP contribution in [0.25, 0.3) is 10.9 Å². The number of nitrogens with zero attached hydrogens (tertiary/aromatic N) is 3. The number of ether oxygens (including phenoxy) is 1. The van der Waals surface area contributed by atoms with Crippen LogP contribution >= 0.6 is 0 Å². The molecular formula is C25H31N3O3S. The number of hydrogen-bond donors (Lipinski definition) is 0. The minimum absolute atomic E-state index is 0.271. The molecule has 2 fully saturated rings. The van der Waals surface area contributed by atoms with E-state index in [1.54, 1.807) is 24.3 Å². The maximum atomic E-state index is 13.7. The van der Waals surface area contributed by atoms with Crippen LogP contribution in [0.2, 0.25) is 0 Å². The minimum atomic E-state index is -3.71. The first-order valence-corrected chi connectivity index (χ1v) is 13.0. The molecule has 1 aromatic heterocycles. The van der Waals surface area contributed by atoms with Crippen LogP contribution in [0.15, 0.2) is 59.5 Å². The van der Waals surface area contributed by atoms with Crippen LogP contribution in [0.5, 0.6) is 5.75 Å². The summed E-state index contributed by atoms with van der Waals surface area (Å²) in [5.41, 5.74) is 1.50. The molecule has 0 unspecified atom stereocenters. The van der Waals surface area contributed by atoms with Crippen molar-refractivity contribution in [2.24, 2.45) is 0 Å². The van der Waals surface area contributed by atoms with Gasteiger partial charge in [0, 0.05) is 43.8 Å². The fourth-order valence-corrected chi connectivity index (χ4v) is 6.38. The highest BCUT2D eigenvalue weighted by Crippen LogP contribution is 2.31. The average Bonchev–Trinajstić information content (AvgIpc) is 3.43. The third-order valence-electron chi connectivity index (χ3n) is 6.67. The van der Waals surface area contributed by atoms with Crippen molar-refractivity contribution in [1.29, 1.82) is 0 Å². The minimum Gasteiger partial charge on any atom is -0.490 e. The standard InChI is InChI=1S/C25H31N3O3S/c1-26-13-15-27(16-14-26)19-21-17-20-18-23(31-22-7-5-6-8-22)11-12-25(20)28(21)32(29,30)24-9-3-2-4-10-24/h2-4,9-12,17-18,22H,5-8,13-16,19H2,1H3. The number of likely N-dealkylation sites (N-methyl/N-ethyl adjacent to an activating group) is 1. The lowest BCUT2D eigenvalue weighted by Gasteiger charge is -2.32. The van der Waals surface area contributed by atoms with Gasteiger partial charge in [-0.1, -0.05) is 18.2 Å². The van der Waals surface area contributed by atoms with Gasteiger partial charge in [0.1, 0.15) is 5.75 Å². The molecule has 0 N–H and O–H groups in total. The molecule has 2 heterocycles. The van der Waals surface area contributed by atoms with Crippen LogP contribution in [0.4, 0.5) is 0 Å². The average molecular weight is 454 g/mol. The van der Waals surface area contributed by atoms with Gasteiger partial charge in [0.15, 0.2) is 0 Å². The van der Waals surface area contributed by atoms with Gasteiger partial charge in [-0.15, -0.1) is 0 Å². The van der Waals surface area contributed by atoms with E-state index in [1.165, 1.54) is 16.8 Å². The van der Waals surface area contributed by atoms with Crippen molar-refractivity contribution in [1.82, 2.24) is 13.8 Å². The van der Waals surface area contributed by atoms with Crippen LogP contribution in [0.1, 0.15) is 31.4 Å². The molecule has 170 valence electrons. The molecule has 5 rings (SSSR count). The molecule has 2 aliphatic rings. The number of aromatic nitrogens is 1. The summed E-state index contributed by atoms with van der Waals surface area (Å²) in [5.74, 6) is 0.824. The molecule has 0 radical (unpaired) electrons. The van der Waals surface area contributed by atoms with Crippen molar-refractivity contribution in [3.63, 3.8) is 0 Å². The molecule has 0 atom stereocenters. The van der Waals surface area contributed by atoms with Crippen molar-refractivity contribution in [3.05, 3.63) is 60.3 Å². The summed E-state index contributed by atoms with van der Waals surface area (Å²) in [4.78, 5) is 4.95. The second-order valence-corrected chi connectivity index (χ2v) is 10.8. The van der Waals surface area contributed by atoms with E-state index < -0.39 is 10.0 Å². The first-order chi connectivity index (χ1) is 15.5. The van der Waals surface area contributed by atoms with E-state index in [4.69, 9.17) is 4.74 Å². The Morgan fingerprint density at radius 2 is 1.66 bits per heavy atom. The van der Waals surface area contributed by atoms with Gasteiger partial charge in [0.2, 0.25) is 0 Å². The van der Waals surface area contributed by atoms with Crippen LogP contribution in [0, 0.1) is 0 Å².